The molecule has 0 aliphatic rings. The minimum absolute atomic E-state index is 0.427. The normalized spacial score (nSPS) is 10.1. The predicted octanol–water partition coefficient (Wildman–Crippen LogP) is 1.10. The molecule has 0 unspecified atom stereocenters. The highest BCUT2D eigenvalue weighted by molar-refractivity contribution is 5.18. The summed E-state index contributed by atoms with van der Waals surface area (Å²) in [5.74, 6) is 0.632. The van der Waals surface area contributed by atoms with Crippen LogP contribution < -0.4 is 5.32 Å². The average molecular weight is 190 g/mol. The zero-order valence-electron chi connectivity index (χ0n) is 7.77. The lowest BCUT2D eigenvalue weighted by Crippen LogP contribution is -1.94. The third-order valence-corrected chi connectivity index (χ3v) is 1.75. The minimum Gasteiger partial charge on any atom is -0.341 e. The lowest BCUT2D eigenvalue weighted by atomic mass is 10.3. The zero-order chi connectivity index (χ0) is 9.80. The number of nitrogens with zero attached hydrogens (tertiary/aromatic N) is 3. The van der Waals surface area contributed by atoms with Crippen LogP contribution in [0.4, 0.5) is 6.01 Å². The van der Waals surface area contributed by atoms with E-state index in [0.29, 0.717) is 18.3 Å². The Hall–Kier alpha value is -1.91. The van der Waals surface area contributed by atoms with Crippen molar-refractivity contribution in [3.8, 4) is 0 Å². The van der Waals surface area contributed by atoms with Gasteiger partial charge in [0.25, 0.3) is 0 Å². The van der Waals surface area contributed by atoms with E-state index >= 15 is 0 Å². The van der Waals surface area contributed by atoms with Crippen molar-refractivity contribution in [3.05, 3.63) is 35.9 Å². The van der Waals surface area contributed by atoms with Crippen LogP contribution in [0, 0.1) is 0 Å². The van der Waals surface area contributed by atoms with Gasteiger partial charge in [-0.1, -0.05) is 11.2 Å². The minimum atomic E-state index is 0.427. The van der Waals surface area contributed by atoms with E-state index in [1.807, 2.05) is 18.2 Å². The molecular weight excluding hydrogens is 180 g/mol. The second kappa shape index (κ2) is 3.87. The van der Waals surface area contributed by atoms with Gasteiger partial charge >= 0.3 is 6.01 Å². The first-order chi connectivity index (χ1) is 6.88. The van der Waals surface area contributed by atoms with E-state index in [0.717, 1.165) is 5.69 Å². The van der Waals surface area contributed by atoms with Gasteiger partial charge in [0.1, 0.15) is 0 Å². The summed E-state index contributed by atoms with van der Waals surface area (Å²) in [6, 6.07) is 6.16. The number of nitrogens with one attached hydrogen (secondary N) is 1. The van der Waals surface area contributed by atoms with Gasteiger partial charge in [-0.25, -0.2) is 0 Å². The van der Waals surface area contributed by atoms with Crippen LogP contribution in [-0.2, 0) is 6.42 Å². The van der Waals surface area contributed by atoms with Crippen molar-refractivity contribution in [3.63, 3.8) is 0 Å². The van der Waals surface area contributed by atoms with Gasteiger partial charge in [-0.2, -0.15) is 4.98 Å². The summed E-state index contributed by atoms with van der Waals surface area (Å²) >= 11 is 0. The van der Waals surface area contributed by atoms with Gasteiger partial charge in [0.2, 0.25) is 0 Å². The molecule has 0 spiro atoms. The van der Waals surface area contributed by atoms with E-state index in [9.17, 15) is 0 Å². The molecular formula is C9H10N4O. The molecule has 0 aromatic carbocycles. The highest BCUT2D eigenvalue weighted by atomic mass is 16.5. The van der Waals surface area contributed by atoms with E-state index in [4.69, 9.17) is 4.52 Å². The average Bonchev–Trinajstić information content (AvgIpc) is 2.67. The third kappa shape index (κ3) is 1.87. The molecule has 0 fully saturated rings. The van der Waals surface area contributed by atoms with Crippen molar-refractivity contribution < 1.29 is 4.52 Å². The van der Waals surface area contributed by atoms with E-state index in [1.54, 1.807) is 13.2 Å². The Balaban J connectivity index is 2.11. The number of rotatable bonds is 3. The molecule has 0 radical (unpaired) electrons. The van der Waals surface area contributed by atoms with E-state index in [2.05, 4.69) is 20.4 Å². The topological polar surface area (TPSA) is 63.8 Å². The standard InChI is InChI=1S/C9H10N4O/c1-10-9-12-8(13-14-9)6-7-4-2-3-5-11-7/h2-5H,6H2,1H3,(H,10,12,13). The second-order valence-electron chi connectivity index (χ2n) is 2.76. The van der Waals surface area contributed by atoms with Crippen LogP contribution in [0.5, 0.6) is 0 Å². The Morgan fingerprint density at radius 2 is 2.36 bits per heavy atom. The molecule has 2 aromatic heterocycles. The Labute approximate surface area is 81.2 Å². The van der Waals surface area contributed by atoms with Crippen LogP contribution >= 0.6 is 0 Å². The summed E-state index contributed by atoms with van der Waals surface area (Å²) in [5, 5.41) is 6.57. The van der Waals surface area contributed by atoms with Crippen LogP contribution in [0.1, 0.15) is 11.5 Å². The summed E-state index contributed by atoms with van der Waals surface area (Å²) < 4.78 is 4.89. The maximum atomic E-state index is 4.89. The number of hydrogen-bond acceptors (Lipinski definition) is 5. The van der Waals surface area contributed by atoms with Gasteiger partial charge in [-0.3, -0.25) is 4.98 Å². The molecule has 0 atom stereocenters. The van der Waals surface area contributed by atoms with Gasteiger partial charge in [0.15, 0.2) is 5.82 Å². The fourth-order valence-corrected chi connectivity index (χ4v) is 1.09. The molecule has 0 saturated carbocycles. The van der Waals surface area contributed by atoms with Crippen LogP contribution in [0.2, 0.25) is 0 Å². The number of anilines is 1. The molecule has 1 N–H and O–H groups in total. The molecule has 2 heterocycles. The van der Waals surface area contributed by atoms with E-state index in [-0.39, 0.29) is 0 Å². The molecule has 72 valence electrons. The lowest BCUT2D eigenvalue weighted by molar-refractivity contribution is 0.425. The first-order valence-corrected chi connectivity index (χ1v) is 4.29. The van der Waals surface area contributed by atoms with Crippen molar-refractivity contribution in [2.24, 2.45) is 0 Å². The van der Waals surface area contributed by atoms with Gasteiger partial charge in [-0.05, 0) is 12.1 Å². The van der Waals surface area contributed by atoms with Crippen LogP contribution in [0.3, 0.4) is 0 Å². The van der Waals surface area contributed by atoms with Crippen molar-refractivity contribution in [2.75, 3.05) is 12.4 Å². The smallest absolute Gasteiger partial charge is 0.321 e. The summed E-state index contributed by atoms with van der Waals surface area (Å²) in [6.07, 6.45) is 2.33. The fraction of sp³-hybridized carbons (Fsp3) is 0.222. The summed E-state index contributed by atoms with van der Waals surface area (Å²) in [7, 11) is 1.73. The quantitative estimate of drug-likeness (QED) is 0.785. The molecule has 0 saturated heterocycles. The Morgan fingerprint density at radius 3 is 3.00 bits per heavy atom. The molecule has 0 aliphatic heterocycles. The van der Waals surface area contributed by atoms with Gasteiger partial charge < -0.3 is 9.84 Å². The maximum absolute atomic E-state index is 4.89. The number of aromatic nitrogens is 3. The second-order valence-corrected chi connectivity index (χ2v) is 2.76. The first-order valence-electron chi connectivity index (χ1n) is 4.29. The van der Waals surface area contributed by atoms with Crippen molar-refractivity contribution in [1.82, 2.24) is 15.1 Å². The highest BCUT2D eigenvalue weighted by Crippen LogP contribution is 2.06. The van der Waals surface area contributed by atoms with Crippen molar-refractivity contribution in [2.45, 2.75) is 6.42 Å². The number of pyridine rings is 1. The molecule has 2 aromatic rings. The SMILES string of the molecule is CNc1nc(Cc2ccccn2)no1. The van der Waals surface area contributed by atoms with Gasteiger partial charge in [-0.15, -0.1) is 0 Å². The molecule has 5 nitrogen and oxygen atoms in total. The molecule has 0 bridgehead atoms. The van der Waals surface area contributed by atoms with Crippen molar-refractivity contribution in [1.29, 1.82) is 0 Å². The monoisotopic (exact) mass is 190 g/mol. The van der Waals surface area contributed by atoms with Crippen molar-refractivity contribution >= 4 is 6.01 Å². The Bertz CT molecular complexity index is 398. The Kier molecular flexibility index (Phi) is 2.40. The largest absolute Gasteiger partial charge is 0.341 e. The molecule has 14 heavy (non-hydrogen) atoms. The fourth-order valence-electron chi connectivity index (χ4n) is 1.09. The lowest BCUT2D eigenvalue weighted by Gasteiger charge is -1.92. The third-order valence-electron chi connectivity index (χ3n) is 1.75. The predicted molar refractivity (Wildman–Crippen MR) is 50.9 cm³/mol. The van der Waals surface area contributed by atoms with Crippen LogP contribution in [-0.4, -0.2) is 22.2 Å². The number of hydrogen-bond donors (Lipinski definition) is 1. The summed E-state index contributed by atoms with van der Waals surface area (Å²) in [5.41, 5.74) is 0.927. The zero-order valence-corrected chi connectivity index (χ0v) is 7.77. The molecule has 5 heteroatoms. The van der Waals surface area contributed by atoms with E-state index in [1.165, 1.54) is 0 Å². The molecule has 2 rings (SSSR count). The van der Waals surface area contributed by atoms with Gasteiger partial charge in [0.05, 0.1) is 6.42 Å². The van der Waals surface area contributed by atoms with E-state index < -0.39 is 0 Å². The molecule has 0 amide bonds. The molecule has 0 aliphatic carbocycles. The van der Waals surface area contributed by atoms with Crippen LogP contribution in [0.15, 0.2) is 28.9 Å². The Morgan fingerprint density at radius 1 is 1.43 bits per heavy atom. The highest BCUT2D eigenvalue weighted by Gasteiger charge is 2.05. The van der Waals surface area contributed by atoms with Crippen LogP contribution in [0.25, 0.3) is 0 Å². The summed E-state index contributed by atoms with van der Waals surface area (Å²) in [4.78, 5) is 8.26. The van der Waals surface area contributed by atoms with Gasteiger partial charge in [0, 0.05) is 18.9 Å². The maximum Gasteiger partial charge on any atom is 0.321 e. The first kappa shape index (κ1) is 8.68. The summed E-state index contributed by atoms with van der Waals surface area (Å²) in [6.45, 7) is 0.